The highest BCUT2D eigenvalue weighted by atomic mass is 32.1. The van der Waals surface area contributed by atoms with E-state index in [-0.39, 0.29) is 5.11 Å². The molecule has 1 aliphatic heterocycles. The molecule has 3 aromatic rings. The Morgan fingerprint density at radius 1 is 1.19 bits per heavy atom. The molecule has 0 amide bonds. The molecular weight excluding hydrogens is 280 g/mol. The SMILES string of the molecule is NC(=S)n1nc(-c2ccc3ccccc3c2)c2c1NCC2. The van der Waals surface area contributed by atoms with Crippen molar-refractivity contribution in [3.05, 3.63) is 48.0 Å². The van der Waals surface area contributed by atoms with Crippen LogP contribution in [-0.2, 0) is 6.42 Å². The molecule has 104 valence electrons. The van der Waals surface area contributed by atoms with Crippen LogP contribution in [0.5, 0.6) is 0 Å². The summed E-state index contributed by atoms with van der Waals surface area (Å²) in [5.41, 5.74) is 9.02. The average Bonchev–Trinajstić information content (AvgIpc) is 3.08. The lowest BCUT2D eigenvalue weighted by molar-refractivity contribution is 0.935. The number of nitrogens with one attached hydrogen (secondary N) is 1. The summed E-state index contributed by atoms with van der Waals surface area (Å²) in [7, 11) is 0. The zero-order valence-electron chi connectivity index (χ0n) is 11.3. The Bertz CT molecular complexity index is 866. The summed E-state index contributed by atoms with van der Waals surface area (Å²) in [6.07, 6.45) is 0.945. The number of hydrogen-bond donors (Lipinski definition) is 2. The van der Waals surface area contributed by atoms with Crippen molar-refractivity contribution in [1.29, 1.82) is 0 Å². The highest BCUT2D eigenvalue weighted by molar-refractivity contribution is 7.80. The van der Waals surface area contributed by atoms with Crippen LogP contribution in [0.15, 0.2) is 42.5 Å². The Morgan fingerprint density at radius 3 is 2.81 bits per heavy atom. The summed E-state index contributed by atoms with van der Waals surface area (Å²) in [6.45, 7) is 0.899. The standard InChI is InChI=1S/C16H14N4S/c17-16(21)20-15-13(7-8-18-15)14(19-20)12-6-5-10-3-1-2-4-11(10)9-12/h1-6,9,18H,7-8H2,(H2,17,21). The number of nitrogens with two attached hydrogens (primary N) is 1. The van der Waals surface area contributed by atoms with Gasteiger partial charge in [-0.3, -0.25) is 0 Å². The molecule has 0 unspecified atom stereocenters. The zero-order valence-corrected chi connectivity index (χ0v) is 12.2. The van der Waals surface area contributed by atoms with Crippen molar-refractivity contribution in [2.45, 2.75) is 6.42 Å². The van der Waals surface area contributed by atoms with Gasteiger partial charge in [0.1, 0.15) is 5.82 Å². The minimum atomic E-state index is 0.271. The fourth-order valence-electron chi connectivity index (χ4n) is 2.90. The predicted molar refractivity (Wildman–Crippen MR) is 89.5 cm³/mol. The van der Waals surface area contributed by atoms with Gasteiger partial charge in [-0.05, 0) is 35.5 Å². The Morgan fingerprint density at radius 2 is 2.00 bits per heavy atom. The molecule has 1 aromatic heterocycles. The topological polar surface area (TPSA) is 55.9 Å². The van der Waals surface area contributed by atoms with Gasteiger partial charge in [0.15, 0.2) is 5.11 Å². The first-order valence-corrected chi connectivity index (χ1v) is 7.29. The number of anilines is 1. The molecular formula is C16H14N4S. The van der Waals surface area contributed by atoms with Crippen molar-refractivity contribution in [2.24, 2.45) is 5.73 Å². The molecule has 0 radical (unpaired) electrons. The van der Waals surface area contributed by atoms with Gasteiger partial charge in [-0.25, -0.2) is 0 Å². The van der Waals surface area contributed by atoms with Crippen LogP contribution in [-0.4, -0.2) is 21.4 Å². The molecule has 2 heterocycles. The molecule has 4 nitrogen and oxygen atoms in total. The molecule has 5 heteroatoms. The Labute approximate surface area is 127 Å². The Hall–Kier alpha value is -2.40. The molecule has 0 bridgehead atoms. The third-order valence-electron chi connectivity index (χ3n) is 3.88. The molecule has 0 saturated carbocycles. The molecule has 0 atom stereocenters. The Balaban J connectivity index is 1.92. The van der Waals surface area contributed by atoms with Crippen LogP contribution < -0.4 is 11.1 Å². The quantitative estimate of drug-likeness (QED) is 0.678. The van der Waals surface area contributed by atoms with Gasteiger partial charge in [0.05, 0.1) is 5.69 Å². The highest BCUT2D eigenvalue weighted by Crippen LogP contribution is 2.33. The third-order valence-corrected chi connectivity index (χ3v) is 4.06. The van der Waals surface area contributed by atoms with Gasteiger partial charge in [-0.2, -0.15) is 9.78 Å². The molecule has 21 heavy (non-hydrogen) atoms. The molecule has 0 saturated heterocycles. The van der Waals surface area contributed by atoms with Crippen LogP contribution in [0.25, 0.3) is 22.0 Å². The fourth-order valence-corrected chi connectivity index (χ4v) is 3.03. The van der Waals surface area contributed by atoms with E-state index in [0.29, 0.717) is 0 Å². The summed E-state index contributed by atoms with van der Waals surface area (Å²) >= 11 is 5.08. The largest absolute Gasteiger partial charge is 0.374 e. The molecule has 0 aliphatic carbocycles. The van der Waals surface area contributed by atoms with Gasteiger partial charge in [0, 0.05) is 17.7 Å². The van der Waals surface area contributed by atoms with Gasteiger partial charge in [0.25, 0.3) is 0 Å². The van der Waals surface area contributed by atoms with Crippen LogP contribution in [0.1, 0.15) is 5.56 Å². The molecule has 0 spiro atoms. The second kappa shape index (κ2) is 4.56. The van der Waals surface area contributed by atoms with Crippen LogP contribution >= 0.6 is 12.2 Å². The lowest BCUT2D eigenvalue weighted by Gasteiger charge is -2.03. The third kappa shape index (κ3) is 1.89. The minimum absolute atomic E-state index is 0.271. The van der Waals surface area contributed by atoms with Gasteiger partial charge in [-0.15, -0.1) is 0 Å². The second-order valence-corrected chi connectivity index (χ2v) is 5.58. The van der Waals surface area contributed by atoms with Crippen LogP contribution in [0.3, 0.4) is 0 Å². The minimum Gasteiger partial charge on any atom is -0.374 e. The lowest BCUT2D eigenvalue weighted by Crippen LogP contribution is -2.22. The summed E-state index contributed by atoms with van der Waals surface area (Å²) in [5.74, 6) is 0.936. The summed E-state index contributed by atoms with van der Waals surface area (Å²) in [5, 5.41) is 10.6. The molecule has 1 aliphatic rings. The van der Waals surface area contributed by atoms with Gasteiger partial charge in [-0.1, -0.05) is 36.4 Å². The number of thiocarbonyl (C=S) groups is 1. The number of nitrogens with zero attached hydrogens (tertiary/aromatic N) is 2. The van der Waals surface area contributed by atoms with Crippen molar-refractivity contribution in [1.82, 2.24) is 9.78 Å². The van der Waals surface area contributed by atoms with Gasteiger partial charge in [0.2, 0.25) is 0 Å². The predicted octanol–water partition coefficient (Wildman–Crippen LogP) is 2.76. The average molecular weight is 294 g/mol. The fraction of sp³-hybridized carbons (Fsp3) is 0.125. The lowest BCUT2D eigenvalue weighted by atomic mass is 10.0. The van der Waals surface area contributed by atoms with Crippen LogP contribution in [0.2, 0.25) is 0 Å². The van der Waals surface area contributed by atoms with Gasteiger partial charge >= 0.3 is 0 Å². The van der Waals surface area contributed by atoms with Crippen LogP contribution in [0, 0.1) is 0 Å². The highest BCUT2D eigenvalue weighted by Gasteiger charge is 2.24. The van der Waals surface area contributed by atoms with E-state index in [1.54, 1.807) is 4.68 Å². The molecule has 2 aromatic carbocycles. The second-order valence-electron chi connectivity index (χ2n) is 5.16. The monoisotopic (exact) mass is 294 g/mol. The maximum Gasteiger partial charge on any atom is 0.193 e. The first-order chi connectivity index (χ1) is 10.2. The molecule has 4 rings (SSSR count). The van der Waals surface area contributed by atoms with Crippen molar-refractivity contribution in [3.63, 3.8) is 0 Å². The first-order valence-electron chi connectivity index (χ1n) is 6.89. The van der Waals surface area contributed by atoms with Crippen molar-refractivity contribution in [2.75, 3.05) is 11.9 Å². The molecule has 3 N–H and O–H groups in total. The number of rotatable bonds is 1. The number of fused-ring (bicyclic) bond motifs is 2. The maximum atomic E-state index is 5.76. The van der Waals surface area contributed by atoms with E-state index in [9.17, 15) is 0 Å². The van der Waals surface area contributed by atoms with E-state index in [0.717, 1.165) is 30.0 Å². The van der Waals surface area contributed by atoms with Crippen LogP contribution in [0.4, 0.5) is 5.82 Å². The van der Waals surface area contributed by atoms with E-state index in [2.05, 4.69) is 40.7 Å². The Kier molecular flexibility index (Phi) is 2.68. The van der Waals surface area contributed by atoms with E-state index in [1.165, 1.54) is 16.3 Å². The first kappa shape index (κ1) is 12.3. The smallest absolute Gasteiger partial charge is 0.193 e. The number of aromatic nitrogens is 2. The van der Waals surface area contributed by atoms with Gasteiger partial charge < -0.3 is 11.1 Å². The number of hydrogen-bond acceptors (Lipinski definition) is 3. The van der Waals surface area contributed by atoms with E-state index >= 15 is 0 Å². The van der Waals surface area contributed by atoms with Crippen molar-refractivity contribution >= 4 is 33.9 Å². The van der Waals surface area contributed by atoms with E-state index < -0.39 is 0 Å². The summed E-state index contributed by atoms with van der Waals surface area (Å²) < 4.78 is 1.63. The maximum absolute atomic E-state index is 5.76. The van der Waals surface area contributed by atoms with Crippen molar-refractivity contribution in [3.8, 4) is 11.3 Å². The summed E-state index contributed by atoms with van der Waals surface area (Å²) in [4.78, 5) is 0. The van der Waals surface area contributed by atoms with E-state index in [4.69, 9.17) is 18.0 Å². The molecule has 0 fully saturated rings. The summed E-state index contributed by atoms with van der Waals surface area (Å²) in [6, 6.07) is 14.7. The normalized spacial score (nSPS) is 13.1. The zero-order chi connectivity index (χ0) is 14.4. The number of benzene rings is 2. The van der Waals surface area contributed by atoms with E-state index in [1.807, 2.05) is 12.1 Å². The van der Waals surface area contributed by atoms with Crippen molar-refractivity contribution < 1.29 is 0 Å².